The Hall–Kier alpha value is -2.60. The highest BCUT2D eigenvalue weighted by Gasteiger charge is 2.48. The first kappa shape index (κ1) is 14.7. The van der Waals surface area contributed by atoms with Gasteiger partial charge in [-0.05, 0) is 42.9 Å². The predicted octanol–water partition coefficient (Wildman–Crippen LogP) is 3.38. The third-order valence-electron chi connectivity index (χ3n) is 5.31. The summed E-state index contributed by atoms with van der Waals surface area (Å²) in [7, 11) is 0. The van der Waals surface area contributed by atoms with E-state index in [9.17, 15) is 4.79 Å². The molecule has 0 saturated carbocycles. The van der Waals surface area contributed by atoms with Crippen LogP contribution in [0.1, 0.15) is 30.0 Å². The molecule has 5 rings (SSSR count). The molecular weight excluding hydrogens is 334 g/mol. The number of rotatable bonds is 2. The number of nitrogens with zero attached hydrogens (tertiary/aromatic N) is 2. The summed E-state index contributed by atoms with van der Waals surface area (Å²) in [5, 5.41) is 1.79. The van der Waals surface area contributed by atoms with Crippen LogP contribution in [0.15, 0.2) is 47.1 Å². The molecule has 4 heterocycles. The minimum Gasteiger partial charge on any atom is -0.467 e. The van der Waals surface area contributed by atoms with Crippen LogP contribution in [-0.4, -0.2) is 31.8 Å². The molecule has 0 spiro atoms. The Kier molecular flexibility index (Phi) is 3.06. The molecule has 126 valence electrons. The normalized spacial score (nSPS) is 22.6. The molecule has 2 aliphatic rings. The van der Waals surface area contributed by atoms with Crippen LogP contribution in [0.3, 0.4) is 0 Å². The van der Waals surface area contributed by atoms with Gasteiger partial charge >= 0.3 is 0 Å². The van der Waals surface area contributed by atoms with Crippen molar-refractivity contribution in [1.82, 2.24) is 14.8 Å². The second-order valence-corrected chi connectivity index (χ2v) is 7.02. The average molecular weight is 351 g/mol. The van der Waals surface area contributed by atoms with E-state index in [0.29, 0.717) is 18.1 Å². The van der Waals surface area contributed by atoms with Crippen molar-refractivity contribution < 1.29 is 9.21 Å². The topological polar surface area (TPSA) is 52.5 Å². The zero-order valence-electron chi connectivity index (χ0n) is 13.7. The number of H-pyrrole nitrogens is 1. The molecule has 1 N–H and O–H groups in total. The fourth-order valence-electron chi connectivity index (χ4n) is 4.12. The number of thiocarbonyl (C=S) groups is 1. The molecule has 1 fully saturated rings. The van der Waals surface area contributed by atoms with Gasteiger partial charge in [-0.3, -0.25) is 9.69 Å². The monoisotopic (exact) mass is 351 g/mol. The zero-order chi connectivity index (χ0) is 17.1. The molecule has 1 amide bonds. The average Bonchev–Trinajstić information content (AvgIpc) is 3.30. The highest BCUT2D eigenvalue weighted by atomic mass is 32.1. The van der Waals surface area contributed by atoms with Crippen molar-refractivity contribution in [1.29, 1.82) is 0 Å². The van der Waals surface area contributed by atoms with Gasteiger partial charge in [-0.1, -0.05) is 18.2 Å². The van der Waals surface area contributed by atoms with Gasteiger partial charge in [-0.15, -0.1) is 0 Å². The highest BCUT2D eigenvalue weighted by Crippen LogP contribution is 2.40. The Balaban J connectivity index is 1.55. The number of furan rings is 1. The molecule has 6 heteroatoms. The molecule has 2 aromatic heterocycles. The number of amides is 1. The van der Waals surface area contributed by atoms with E-state index in [1.165, 1.54) is 10.9 Å². The number of hydrogen-bond acceptors (Lipinski definition) is 3. The fraction of sp³-hybridized carbons (Fsp3) is 0.263. The Morgan fingerprint density at radius 2 is 2.12 bits per heavy atom. The molecule has 1 aromatic carbocycles. The van der Waals surface area contributed by atoms with Crippen LogP contribution in [0.25, 0.3) is 10.9 Å². The lowest BCUT2D eigenvalue weighted by Gasteiger charge is -2.34. The molecule has 0 aliphatic carbocycles. The van der Waals surface area contributed by atoms with E-state index in [2.05, 4.69) is 28.9 Å². The Morgan fingerprint density at radius 3 is 2.92 bits per heavy atom. The number of fused-ring (bicyclic) bond motifs is 4. The van der Waals surface area contributed by atoms with Gasteiger partial charge in [0.25, 0.3) is 5.91 Å². The summed E-state index contributed by atoms with van der Waals surface area (Å²) in [4.78, 5) is 20.3. The van der Waals surface area contributed by atoms with Gasteiger partial charge in [0.15, 0.2) is 5.11 Å². The number of carbonyl (C=O) groups is 1. The zero-order valence-corrected chi connectivity index (χ0v) is 14.5. The molecule has 3 aromatic rings. The fourth-order valence-corrected chi connectivity index (χ4v) is 4.56. The molecule has 1 saturated heterocycles. The standard InChI is InChI=1S/C19H17N3O2S/c1-11-17-14(13-6-2-3-7-15(13)20-17)9-16-18(23)21(19(25)22(11)16)10-12-5-4-8-24-12/h2-8,11,16,20H,9-10H2,1H3. The molecule has 2 unspecified atom stereocenters. The van der Waals surface area contributed by atoms with Crippen molar-refractivity contribution in [2.45, 2.75) is 32.0 Å². The van der Waals surface area contributed by atoms with E-state index < -0.39 is 0 Å². The van der Waals surface area contributed by atoms with Gasteiger partial charge in [0, 0.05) is 23.0 Å². The lowest BCUT2D eigenvalue weighted by molar-refractivity contribution is -0.129. The van der Waals surface area contributed by atoms with Gasteiger partial charge in [-0.2, -0.15) is 0 Å². The first-order chi connectivity index (χ1) is 12.1. The Morgan fingerprint density at radius 1 is 1.28 bits per heavy atom. The first-order valence-corrected chi connectivity index (χ1v) is 8.81. The summed E-state index contributed by atoms with van der Waals surface area (Å²) in [6.07, 6.45) is 2.29. The van der Waals surface area contributed by atoms with E-state index >= 15 is 0 Å². The molecule has 2 atom stereocenters. The number of benzene rings is 1. The summed E-state index contributed by atoms with van der Waals surface area (Å²) < 4.78 is 5.40. The van der Waals surface area contributed by atoms with Gasteiger partial charge < -0.3 is 14.3 Å². The minimum atomic E-state index is -0.232. The second-order valence-electron chi connectivity index (χ2n) is 6.65. The molecule has 0 bridgehead atoms. The van der Waals surface area contributed by atoms with Gasteiger partial charge in [0.1, 0.15) is 11.8 Å². The van der Waals surface area contributed by atoms with Crippen LogP contribution in [0.5, 0.6) is 0 Å². The van der Waals surface area contributed by atoms with Crippen molar-refractivity contribution in [3.8, 4) is 0 Å². The highest BCUT2D eigenvalue weighted by molar-refractivity contribution is 7.80. The molecule has 0 radical (unpaired) electrons. The van der Waals surface area contributed by atoms with Crippen LogP contribution in [0, 0.1) is 0 Å². The SMILES string of the molecule is CC1c2[nH]c3ccccc3c2CC2C(=O)N(Cc3ccco3)C(=S)N21. The number of aromatic nitrogens is 1. The van der Waals surface area contributed by atoms with E-state index in [-0.39, 0.29) is 18.0 Å². The van der Waals surface area contributed by atoms with Gasteiger partial charge in [0.05, 0.1) is 18.8 Å². The van der Waals surface area contributed by atoms with Crippen molar-refractivity contribution in [3.63, 3.8) is 0 Å². The van der Waals surface area contributed by atoms with Crippen LogP contribution in [-0.2, 0) is 17.8 Å². The predicted molar refractivity (Wildman–Crippen MR) is 97.9 cm³/mol. The Labute approximate surface area is 150 Å². The summed E-state index contributed by atoms with van der Waals surface area (Å²) in [5.74, 6) is 0.802. The van der Waals surface area contributed by atoms with Gasteiger partial charge in [0.2, 0.25) is 0 Å². The van der Waals surface area contributed by atoms with Gasteiger partial charge in [-0.25, -0.2) is 0 Å². The van der Waals surface area contributed by atoms with Crippen molar-refractivity contribution in [2.75, 3.05) is 0 Å². The second kappa shape index (κ2) is 5.20. The van der Waals surface area contributed by atoms with E-state index in [1.807, 2.05) is 24.3 Å². The largest absolute Gasteiger partial charge is 0.467 e. The number of carbonyl (C=O) groups excluding carboxylic acids is 1. The van der Waals surface area contributed by atoms with Crippen LogP contribution < -0.4 is 0 Å². The summed E-state index contributed by atoms with van der Waals surface area (Å²) in [6.45, 7) is 2.50. The summed E-state index contributed by atoms with van der Waals surface area (Å²) in [6, 6.07) is 11.8. The maximum Gasteiger partial charge on any atom is 0.252 e. The molecule has 5 nitrogen and oxygen atoms in total. The number of nitrogens with one attached hydrogen (secondary N) is 1. The van der Waals surface area contributed by atoms with Crippen LogP contribution in [0.4, 0.5) is 0 Å². The van der Waals surface area contributed by atoms with E-state index in [4.69, 9.17) is 16.6 Å². The van der Waals surface area contributed by atoms with Crippen molar-refractivity contribution in [2.24, 2.45) is 0 Å². The number of para-hydroxylation sites is 1. The van der Waals surface area contributed by atoms with Crippen molar-refractivity contribution >= 4 is 34.1 Å². The Bertz CT molecular complexity index is 991. The smallest absolute Gasteiger partial charge is 0.252 e. The maximum atomic E-state index is 13.0. The molecule has 2 aliphatic heterocycles. The molecule has 25 heavy (non-hydrogen) atoms. The third-order valence-corrected chi connectivity index (χ3v) is 5.74. The number of hydrogen-bond donors (Lipinski definition) is 1. The first-order valence-electron chi connectivity index (χ1n) is 8.40. The lowest BCUT2D eigenvalue weighted by Crippen LogP contribution is -2.42. The van der Waals surface area contributed by atoms with Crippen molar-refractivity contribution in [3.05, 3.63) is 59.7 Å². The van der Waals surface area contributed by atoms with Crippen LogP contribution >= 0.6 is 12.2 Å². The summed E-state index contributed by atoms with van der Waals surface area (Å²) in [5.41, 5.74) is 3.51. The number of aromatic amines is 1. The summed E-state index contributed by atoms with van der Waals surface area (Å²) >= 11 is 5.65. The van der Waals surface area contributed by atoms with E-state index in [0.717, 1.165) is 17.0 Å². The third kappa shape index (κ3) is 2.00. The quantitative estimate of drug-likeness (QED) is 0.719. The lowest BCUT2D eigenvalue weighted by atomic mass is 9.93. The maximum absolute atomic E-state index is 13.0. The van der Waals surface area contributed by atoms with Crippen LogP contribution in [0.2, 0.25) is 0 Å². The van der Waals surface area contributed by atoms with E-state index in [1.54, 1.807) is 11.2 Å². The minimum absolute atomic E-state index is 0.0409. The molecular formula is C19H17N3O2S.